The minimum Gasteiger partial charge on any atom is -0.296 e. The molecule has 1 heterocycles. The largest absolute Gasteiger partial charge is 0.296 e. The Labute approximate surface area is 129 Å². The zero-order chi connectivity index (χ0) is 14.1. The standard InChI is InChI=1S/C13H12ClN3OS2/c1-19-8-4-5-10(14)9(6-8)11(18)15-13-17-16-12(20-13)7-2-3-7/h4-7H,2-3H2,1H3,(H,15,17,18). The number of hydrogen-bond acceptors (Lipinski definition) is 5. The summed E-state index contributed by atoms with van der Waals surface area (Å²) in [6.07, 6.45) is 4.30. The maximum Gasteiger partial charge on any atom is 0.259 e. The minimum absolute atomic E-state index is 0.246. The number of amides is 1. The van der Waals surface area contributed by atoms with Crippen LogP contribution in [0.15, 0.2) is 23.1 Å². The molecule has 7 heteroatoms. The average molecular weight is 326 g/mol. The number of carbonyl (C=O) groups is 1. The van der Waals surface area contributed by atoms with Gasteiger partial charge in [-0.25, -0.2) is 0 Å². The summed E-state index contributed by atoms with van der Waals surface area (Å²) >= 11 is 9.08. The number of carbonyl (C=O) groups excluding carboxylic acids is 1. The Kier molecular flexibility index (Phi) is 3.96. The highest BCUT2D eigenvalue weighted by Crippen LogP contribution is 2.42. The van der Waals surface area contributed by atoms with Gasteiger partial charge in [0.2, 0.25) is 5.13 Å². The molecule has 0 spiro atoms. The molecule has 1 aromatic heterocycles. The summed E-state index contributed by atoms with van der Waals surface area (Å²) in [4.78, 5) is 13.2. The second kappa shape index (κ2) is 5.71. The molecule has 1 fully saturated rings. The molecule has 4 nitrogen and oxygen atoms in total. The van der Waals surface area contributed by atoms with E-state index in [1.165, 1.54) is 24.2 Å². The van der Waals surface area contributed by atoms with Crippen LogP contribution in [0.3, 0.4) is 0 Å². The van der Waals surface area contributed by atoms with E-state index in [0.717, 1.165) is 9.90 Å². The smallest absolute Gasteiger partial charge is 0.259 e. The molecule has 2 aromatic rings. The molecular weight excluding hydrogens is 314 g/mol. The third-order valence-electron chi connectivity index (χ3n) is 3.01. The van der Waals surface area contributed by atoms with E-state index in [-0.39, 0.29) is 5.91 Å². The molecule has 1 N–H and O–H groups in total. The number of nitrogens with zero attached hydrogens (tertiary/aromatic N) is 2. The first-order valence-corrected chi connectivity index (χ1v) is 8.57. The van der Waals surface area contributed by atoms with E-state index >= 15 is 0 Å². The van der Waals surface area contributed by atoms with Crippen LogP contribution in [0.5, 0.6) is 0 Å². The number of aromatic nitrogens is 2. The monoisotopic (exact) mass is 325 g/mol. The Morgan fingerprint density at radius 3 is 2.95 bits per heavy atom. The van der Waals surface area contributed by atoms with Crippen molar-refractivity contribution >= 4 is 45.7 Å². The predicted molar refractivity (Wildman–Crippen MR) is 83.1 cm³/mol. The summed E-state index contributed by atoms with van der Waals surface area (Å²) < 4.78 is 0. The lowest BCUT2D eigenvalue weighted by Crippen LogP contribution is -2.12. The van der Waals surface area contributed by atoms with Crippen molar-refractivity contribution in [2.45, 2.75) is 23.7 Å². The third-order valence-corrected chi connectivity index (χ3v) is 5.06. The minimum atomic E-state index is -0.246. The molecule has 0 radical (unpaired) electrons. The van der Waals surface area contributed by atoms with Gasteiger partial charge in [0.05, 0.1) is 10.6 Å². The summed E-state index contributed by atoms with van der Waals surface area (Å²) in [7, 11) is 0. The lowest BCUT2D eigenvalue weighted by molar-refractivity contribution is 0.102. The molecule has 0 saturated heterocycles. The summed E-state index contributed by atoms with van der Waals surface area (Å²) in [5.41, 5.74) is 0.460. The van der Waals surface area contributed by atoms with E-state index in [1.54, 1.807) is 23.9 Å². The predicted octanol–water partition coefficient (Wildman–Crippen LogP) is 4.04. The second-order valence-corrected chi connectivity index (χ2v) is 6.82. The molecule has 1 aliphatic carbocycles. The number of anilines is 1. The Balaban J connectivity index is 1.77. The topological polar surface area (TPSA) is 54.9 Å². The van der Waals surface area contributed by atoms with E-state index in [0.29, 0.717) is 21.6 Å². The van der Waals surface area contributed by atoms with E-state index in [9.17, 15) is 4.79 Å². The summed E-state index contributed by atoms with van der Waals surface area (Å²) in [5.74, 6) is 0.297. The molecular formula is C13H12ClN3OS2. The molecule has 1 aromatic carbocycles. The number of halogens is 1. The highest BCUT2D eigenvalue weighted by molar-refractivity contribution is 7.98. The normalized spacial score (nSPS) is 14.3. The van der Waals surface area contributed by atoms with Crippen LogP contribution in [-0.2, 0) is 0 Å². The molecule has 20 heavy (non-hydrogen) atoms. The highest BCUT2D eigenvalue weighted by Gasteiger charge is 2.27. The lowest BCUT2D eigenvalue weighted by Gasteiger charge is -2.05. The van der Waals surface area contributed by atoms with Crippen molar-refractivity contribution in [3.8, 4) is 0 Å². The van der Waals surface area contributed by atoms with Crippen molar-refractivity contribution in [1.82, 2.24) is 10.2 Å². The Morgan fingerprint density at radius 2 is 2.25 bits per heavy atom. The van der Waals surface area contributed by atoms with E-state index in [4.69, 9.17) is 11.6 Å². The Morgan fingerprint density at radius 1 is 1.45 bits per heavy atom. The molecule has 3 rings (SSSR count). The van der Waals surface area contributed by atoms with Gasteiger partial charge in [0.1, 0.15) is 5.01 Å². The Hall–Kier alpha value is -1.11. The molecule has 0 atom stereocenters. The van der Waals surface area contributed by atoms with Crippen molar-refractivity contribution in [2.75, 3.05) is 11.6 Å². The lowest BCUT2D eigenvalue weighted by atomic mass is 10.2. The van der Waals surface area contributed by atoms with Crippen molar-refractivity contribution in [3.05, 3.63) is 33.8 Å². The van der Waals surface area contributed by atoms with Crippen molar-refractivity contribution in [3.63, 3.8) is 0 Å². The van der Waals surface area contributed by atoms with Crippen LogP contribution >= 0.6 is 34.7 Å². The molecule has 0 aliphatic heterocycles. The van der Waals surface area contributed by atoms with Crippen LogP contribution in [0.4, 0.5) is 5.13 Å². The van der Waals surface area contributed by atoms with Gasteiger partial charge < -0.3 is 0 Å². The molecule has 1 saturated carbocycles. The summed E-state index contributed by atoms with van der Waals surface area (Å²) in [5, 5.41) is 12.8. The van der Waals surface area contributed by atoms with Gasteiger partial charge in [-0.2, -0.15) is 0 Å². The first-order chi connectivity index (χ1) is 9.67. The van der Waals surface area contributed by atoms with E-state index in [1.807, 2.05) is 12.3 Å². The van der Waals surface area contributed by atoms with Gasteiger partial charge in [-0.15, -0.1) is 22.0 Å². The zero-order valence-corrected chi connectivity index (χ0v) is 13.1. The van der Waals surface area contributed by atoms with Crippen LogP contribution in [0, 0.1) is 0 Å². The van der Waals surface area contributed by atoms with Gasteiger partial charge in [0, 0.05) is 10.8 Å². The van der Waals surface area contributed by atoms with Gasteiger partial charge in [-0.05, 0) is 37.3 Å². The molecule has 1 amide bonds. The molecule has 0 unspecified atom stereocenters. The molecule has 1 aliphatic rings. The number of thioether (sulfide) groups is 1. The van der Waals surface area contributed by atoms with Gasteiger partial charge in [-0.1, -0.05) is 22.9 Å². The fourth-order valence-corrected chi connectivity index (χ4v) is 3.30. The first kappa shape index (κ1) is 13.9. The van der Waals surface area contributed by atoms with Crippen molar-refractivity contribution in [1.29, 1.82) is 0 Å². The Bertz CT molecular complexity index is 655. The zero-order valence-electron chi connectivity index (χ0n) is 10.7. The SMILES string of the molecule is CSc1ccc(Cl)c(C(=O)Nc2nnc(C3CC3)s2)c1. The number of hydrogen-bond donors (Lipinski definition) is 1. The van der Waals surface area contributed by atoms with Gasteiger partial charge in [0.25, 0.3) is 5.91 Å². The molecule has 104 valence electrons. The van der Waals surface area contributed by atoms with Crippen LogP contribution in [-0.4, -0.2) is 22.4 Å². The third kappa shape index (κ3) is 2.97. The van der Waals surface area contributed by atoms with Crippen LogP contribution < -0.4 is 5.32 Å². The number of rotatable bonds is 4. The van der Waals surface area contributed by atoms with Crippen molar-refractivity contribution < 1.29 is 4.79 Å². The maximum absolute atomic E-state index is 12.2. The van der Waals surface area contributed by atoms with Gasteiger partial charge in [0.15, 0.2) is 0 Å². The fraction of sp³-hybridized carbons (Fsp3) is 0.308. The van der Waals surface area contributed by atoms with Gasteiger partial charge in [-0.3, -0.25) is 10.1 Å². The molecule has 0 bridgehead atoms. The van der Waals surface area contributed by atoms with Crippen LogP contribution in [0.1, 0.15) is 34.1 Å². The van der Waals surface area contributed by atoms with Crippen LogP contribution in [0.25, 0.3) is 0 Å². The van der Waals surface area contributed by atoms with E-state index in [2.05, 4.69) is 15.5 Å². The summed E-state index contributed by atoms with van der Waals surface area (Å²) in [6.45, 7) is 0. The highest BCUT2D eigenvalue weighted by atomic mass is 35.5. The fourth-order valence-electron chi connectivity index (χ4n) is 1.75. The first-order valence-electron chi connectivity index (χ1n) is 6.15. The van der Waals surface area contributed by atoms with Crippen LogP contribution in [0.2, 0.25) is 5.02 Å². The number of nitrogens with one attached hydrogen (secondary N) is 1. The van der Waals surface area contributed by atoms with E-state index < -0.39 is 0 Å². The average Bonchev–Trinajstić information content (AvgIpc) is 3.20. The van der Waals surface area contributed by atoms with Crippen molar-refractivity contribution in [2.24, 2.45) is 0 Å². The summed E-state index contributed by atoms with van der Waals surface area (Å²) in [6, 6.07) is 5.41. The number of benzene rings is 1. The van der Waals surface area contributed by atoms with Gasteiger partial charge >= 0.3 is 0 Å². The second-order valence-electron chi connectivity index (χ2n) is 4.52. The quantitative estimate of drug-likeness (QED) is 0.862. The maximum atomic E-state index is 12.2.